The molecule has 1 aromatic heterocycles. The number of aromatic nitrogens is 1. The maximum Gasteiger partial charge on any atom is 0.270 e. The zero-order chi connectivity index (χ0) is 17.1. The minimum atomic E-state index is -0.171. The summed E-state index contributed by atoms with van der Waals surface area (Å²) in [4.78, 5) is 27.7. The summed E-state index contributed by atoms with van der Waals surface area (Å²) in [5.41, 5.74) is 0.923. The number of hydrogen-bond acceptors (Lipinski definition) is 2. The van der Waals surface area contributed by atoms with Crippen LogP contribution in [0.1, 0.15) is 24.3 Å². The number of nitrogens with zero attached hydrogens (tertiary/aromatic N) is 2. The van der Waals surface area contributed by atoms with Crippen molar-refractivity contribution >= 4 is 16.7 Å². The monoisotopic (exact) mass is 320 g/mol. The van der Waals surface area contributed by atoms with E-state index in [0.717, 1.165) is 5.39 Å². The number of rotatable bonds is 4. The van der Waals surface area contributed by atoms with E-state index >= 15 is 0 Å². The van der Waals surface area contributed by atoms with Crippen LogP contribution >= 0.6 is 0 Å². The third-order valence-corrected chi connectivity index (χ3v) is 4.21. The van der Waals surface area contributed by atoms with Gasteiger partial charge in [-0.3, -0.25) is 14.2 Å². The molecule has 122 valence electrons. The Labute approximate surface area is 141 Å². The van der Waals surface area contributed by atoms with Crippen LogP contribution in [0.2, 0.25) is 0 Å². The second-order valence-corrected chi connectivity index (χ2v) is 5.57. The van der Waals surface area contributed by atoms with Crippen molar-refractivity contribution in [2.75, 3.05) is 13.1 Å². The summed E-state index contributed by atoms with van der Waals surface area (Å²) in [6, 6.07) is 18.5. The number of pyridine rings is 1. The highest BCUT2D eigenvalue weighted by Crippen LogP contribution is 2.17. The molecular weight excluding hydrogens is 300 g/mol. The zero-order valence-electron chi connectivity index (χ0n) is 13.9. The number of amides is 1. The predicted molar refractivity (Wildman–Crippen MR) is 96.8 cm³/mol. The van der Waals surface area contributed by atoms with Crippen LogP contribution in [0.3, 0.4) is 0 Å². The van der Waals surface area contributed by atoms with Gasteiger partial charge < -0.3 is 4.90 Å². The number of hydrogen-bond donors (Lipinski definition) is 0. The summed E-state index contributed by atoms with van der Waals surface area (Å²) in [6.07, 6.45) is 0. The number of fused-ring (bicyclic) bond motifs is 1. The fourth-order valence-electron chi connectivity index (χ4n) is 2.92. The van der Waals surface area contributed by atoms with Crippen molar-refractivity contribution in [1.82, 2.24) is 9.47 Å². The molecule has 0 fully saturated rings. The smallest absolute Gasteiger partial charge is 0.270 e. The largest absolute Gasteiger partial charge is 0.338 e. The first-order valence-electron chi connectivity index (χ1n) is 8.16. The van der Waals surface area contributed by atoms with Gasteiger partial charge in [0.25, 0.3) is 11.5 Å². The number of para-hydroxylation sites is 1. The molecule has 0 spiro atoms. The summed E-state index contributed by atoms with van der Waals surface area (Å²) in [6.45, 7) is 5.08. The Morgan fingerprint density at radius 3 is 2.25 bits per heavy atom. The van der Waals surface area contributed by atoms with E-state index in [4.69, 9.17) is 0 Å². The van der Waals surface area contributed by atoms with Crippen LogP contribution in [0.15, 0.2) is 65.5 Å². The van der Waals surface area contributed by atoms with Gasteiger partial charge in [0.1, 0.15) is 5.69 Å². The molecule has 0 unspecified atom stereocenters. The van der Waals surface area contributed by atoms with Gasteiger partial charge in [0.05, 0.1) is 0 Å². The standard InChI is InChI=1S/C20H20N2O2/c1-3-21(4-2)20(24)18-14-15-10-8-9-13-17(15)19(23)22(18)16-11-6-5-7-12-16/h5-14H,3-4H2,1-2H3. The van der Waals surface area contributed by atoms with Crippen LogP contribution in [-0.2, 0) is 0 Å². The average Bonchev–Trinajstić information content (AvgIpc) is 2.63. The molecule has 2 aromatic carbocycles. The Balaban J connectivity index is 2.34. The molecule has 0 aliphatic heterocycles. The molecule has 0 bridgehead atoms. The lowest BCUT2D eigenvalue weighted by molar-refractivity contribution is 0.0764. The van der Waals surface area contributed by atoms with Gasteiger partial charge in [-0.25, -0.2) is 0 Å². The molecule has 0 saturated carbocycles. The van der Waals surface area contributed by atoms with Crippen LogP contribution in [0, 0.1) is 0 Å². The summed E-state index contributed by atoms with van der Waals surface area (Å²) < 4.78 is 1.52. The van der Waals surface area contributed by atoms with E-state index in [-0.39, 0.29) is 11.5 Å². The molecule has 0 atom stereocenters. The lowest BCUT2D eigenvalue weighted by Crippen LogP contribution is -2.35. The Kier molecular flexibility index (Phi) is 4.47. The molecule has 0 aliphatic rings. The average molecular weight is 320 g/mol. The van der Waals surface area contributed by atoms with E-state index in [0.29, 0.717) is 29.9 Å². The molecule has 3 rings (SSSR count). The molecule has 4 nitrogen and oxygen atoms in total. The minimum absolute atomic E-state index is 0.133. The molecular formula is C20H20N2O2. The van der Waals surface area contributed by atoms with Crippen LogP contribution in [0.25, 0.3) is 16.5 Å². The molecule has 4 heteroatoms. The molecule has 3 aromatic rings. The lowest BCUT2D eigenvalue weighted by Gasteiger charge is -2.21. The second kappa shape index (κ2) is 6.71. The third kappa shape index (κ3) is 2.71. The summed E-state index contributed by atoms with van der Waals surface area (Å²) in [5.74, 6) is -0.133. The van der Waals surface area contributed by atoms with Crippen molar-refractivity contribution in [3.8, 4) is 5.69 Å². The van der Waals surface area contributed by atoms with Crippen molar-refractivity contribution in [3.05, 3.63) is 76.7 Å². The first-order chi connectivity index (χ1) is 11.7. The van der Waals surface area contributed by atoms with Gasteiger partial charge in [-0.05, 0) is 43.5 Å². The van der Waals surface area contributed by atoms with Gasteiger partial charge in [-0.1, -0.05) is 36.4 Å². The first-order valence-corrected chi connectivity index (χ1v) is 8.16. The van der Waals surface area contributed by atoms with Crippen molar-refractivity contribution in [2.24, 2.45) is 0 Å². The number of benzene rings is 2. The summed E-state index contributed by atoms with van der Waals surface area (Å²) in [7, 11) is 0. The van der Waals surface area contributed by atoms with Crippen LogP contribution in [-0.4, -0.2) is 28.5 Å². The Hall–Kier alpha value is -2.88. The Morgan fingerprint density at radius 2 is 1.58 bits per heavy atom. The van der Waals surface area contributed by atoms with E-state index in [9.17, 15) is 9.59 Å². The van der Waals surface area contributed by atoms with Crippen LogP contribution in [0.5, 0.6) is 0 Å². The number of carbonyl (C=O) groups is 1. The minimum Gasteiger partial charge on any atom is -0.338 e. The van der Waals surface area contributed by atoms with Crippen molar-refractivity contribution < 1.29 is 4.79 Å². The molecule has 0 radical (unpaired) electrons. The van der Waals surface area contributed by atoms with E-state index < -0.39 is 0 Å². The zero-order valence-corrected chi connectivity index (χ0v) is 13.9. The van der Waals surface area contributed by atoms with Gasteiger partial charge in [0.15, 0.2) is 0 Å². The van der Waals surface area contributed by atoms with Crippen molar-refractivity contribution in [1.29, 1.82) is 0 Å². The molecule has 1 amide bonds. The van der Waals surface area contributed by atoms with Crippen LogP contribution < -0.4 is 5.56 Å². The van der Waals surface area contributed by atoms with Gasteiger partial charge in [-0.15, -0.1) is 0 Å². The number of carbonyl (C=O) groups excluding carboxylic acids is 1. The van der Waals surface area contributed by atoms with Crippen molar-refractivity contribution in [3.63, 3.8) is 0 Å². The topological polar surface area (TPSA) is 42.3 Å². The lowest BCUT2D eigenvalue weighted by atomic mass is 10.1. The van der Waals surface area contributed by atoms with E-state index in [2.05, 4.69) is 0 Å². The Bertz CT molecular complexity index is 925. The Morgan fingerprint density at radius 1 is 0.958 bits per heavy atom. The summed E-state index contributed by atoms with van der Waals surface area (Å²) >= 11 is 0. The van der Waals surface area contributed by atoms with Crippen LogP contribution in [0.4, 0.5) is 0 Å². The highest BCUT2D eigenvalue weighted by Gasteiger charge is 2.20. The molecule has 0 saturated heterocycles. The van der Waals surface area contributed by atoms with Gasteiger partial charge in [-0.2, -0.15) is 0 Å². The summed E-state index contributed by atoms with van der Waals surface area (Å²) in [5, 5.41) is 1.39. The maximum absolute atomic E-state index is 13.0. The molecule has 0 aliphatic carbocycles. The highest BCUT2D eigenvalue weighted by molar-refractivity contribution is 5.97. The van der Waals surface area contributed by atoms with Gasteiger partial charge in [0, 0.05) is 24.2 Å². The second-order valence-electron chi connectivity index (χ2n) is 5.57. The fraction of sp³-hybridized carbons (Fsp3) is 0.200. The molecule has 0 N–H and O–H groups in total. The van der Waals surface area contributed by atoms with Crippen molar-refractivity contribution in [2.45, 2.75) is 13.8 Å². The van der Waals surface area contributed by atoms with E-state index in [1.807, 2.05) is 68.4 Å². The SMILES string of the molecule is CCN(CC)C(=O)c1cc2ccccc2c(=O)n1-c1ccccc1. The van der Waals surface area contributed by atoms with E-state index in [1.165, 1.54) is 4.57 Å². The quantitative estimate of drug-likeness (QED) is 0.738. The fourth-order valence-corrected chi connectivity index (χ4v) is 2.92. The molecule has 1 heterocycles. The predicted octanol–water partition coefficient (Wildman–Crippen LogP) is 3.47. The normalized spacial score (nSPS) is 10.8. The van der Waals surface area contributed by atoms with Gasteiger partial charge >= 0.3 is 0 Å². The van der Waals surface area contributed by atoms with E-state index in [1.54, 1.807) is 11.0 Å². The maximum atomic E-state index is 13.0. The first kappa shape index (κ1) is 16.0. The highest BCUT2D eigenvalue weighted by atomic mass is 16.2. The van der Waals surface area contributed by atoms with Gasteiger partial charge in [0.2, 0.25) is 0 Å². The molecule has 24 heavy (non-hydrogen) atoms. The third-order valence-electron chi connectivity index (χ3n) is 4.21.